The molecule has 5 heteroatoms. The second-order valence-corrected chi connectivity index (χ2v) is 6.04. The van der Waals surface area contributed by atoms with Crippen LogP contribution in [-0.4, -0.2) is 13.5 Å². The van der Waals surface area contributed by atoms with Crippen molar-refractivity contribution in [3.63, 3.8) is 0 Å². The zero-order chi connectivity index (χ0) is 13.9. The lowest BCUT2D eigenvalue weighted by atomic mass is 10.2. The number of sulfonamides is 1. The van der Waals surface area contributed by atoms with Gasteiger partial charge in [0.25, 0.3) is 0 Å². The van der Waals surface area contributed by atoms with E-state index in [0.717, 1.165) is 0 Å². The predicted octanol–water partition coefficient (Wildman–Crippen LogP) is 2.64. The van der Waals surface area contributed by atoms with Crippen LogP contribution in [0.15, 0.2) is 48.5 Å². The molecule has 2 aromatic carbocycles. The Morgan fingerprint density at radius 2 is 1.74 bits per heavy atom. The highest BCUT2D eigenvalue weighted by Gasteiger charge is 2.15. The predicted molar refractivity (Wildman–Crippen MR) is 75.5 cm³/mol. The third kappa shape index (κ3) is 3.48. The summed E-state index contributed by atoms with van der Waals surface area (Å²) in [6.07, 6.45) is 0. The van der Waals surface area contributed by atoms with Gasteiger partial charge in [-0.3, -0.25) is 4.72 Å². The second kappa shape index (κ2) is 5.32. The van der Waals surface area contributed by atoms with E-state index >= 15 is 0 Å². The minimum Gasteiger partial charge on any atom is -0.506 e. The molecule has 0 aliphatic carbocycles. The molecule has 0 heterocycles. The van der Waals surface area contributed by atoms with Crippen LogP contribution in [0.25, 0.3) is 0 Å². The van der Waals surface area contributed by atoms with Crippen molar-refractivity contribution in [2.45, 2.75) is 12.7 Å². The maximum absolute atomic E-state index is 12.1. The van der Waals surface area contributed by atoms with Crippen molar-refractivity contribution >= 4 is 15.7 Å². The van der Waals surface area contributed by atoms with Crippen molar-refractivity contribution in [2.24, 2.45) is 0 Å². The third-order valence-corrected chi connectivity index (χ3v) is 3.94. The molecule has 0 saturated carbocycles. The van der Waals surface area contributed by atoms with Gasteiger partial charge in [-0.1, -0.05) is 42.5 Å². The Balaban J connectivity index is 2.23. The number of aromatic hydroxyl groups is 1. The van der Waals surface area contributed by atoms with Crippen molar-refractivity contribution in [1.29, 1.82) is 0 Å². The molecule has 0 bridgehead atoms. The number of rotatable bonds is 4. The van der Waals surface area contributed by atoms with E-state index < -0.39 is 10.0 Å². The Bertz CT molecular complexity index is 646. The van der Waals surface area contributed by atoms with E-state index in [4.69, 9.17) is 0 Å². The maximum atomic E-state index is 12.1. The molecular formula is C14H15NO3S. The van der Waals surface area contributed by atoms with Crippen molar-refractivity contribution < 1.29 is 13.5 Å². The van der Waals surface area contributed by atoms with Gasteiger partial charge in [-0.2, -0.15) is 0 Å². The van der Waals surface area contributed by atoms with Gasteiger partial charge < -0.3 is 5.11 Å². The first kappa shape index (κ1) is 13.4. The summed E-state index contributed by atoms with van der Waals surface area (Å²) in [4.78, 5) is 0. The fourth-order valence-electron chi connectivity index (χ4n) is 1.77. The zero-order valence-electron chi connectivity index (χ0n) is 10.5. The average molecular weight is 277 g/mol. The lowest BCUT2D eigenvalue weighted by Crippen LogP contribution is -2.15. The van der Waals surface area contributed by atoms with E-state index in [1.807, 2.05) is 6.07 Å². The lowest BCUT2D eigenvalue weighted by Gasteiger charge is -2.12. The van der Waals surface area contributed by atoms with Crippen molar-refractivity contribution in [2.75, 3.05) is 4.72 Å². The first-order valence-corrected chi connectivity index (χ1v) is 7.46. The van der Waals surface area contributed by atoms with Crippen molar-refractivity contribution in [3.05, 3.63) is 59.7 Å². The Labute approximate surface area is 112 Å². The average Bonchev–Trinajstić information content (AvgIpc) is 2.35. The molecule has 4 nitrogen and oxygen atoms in total. The molecule has 19 heavy (non-hydrogen) atoms. The summed E-state index contributed by atoms with van der Waals surface area (Å²) in [5, 5.41) is 9.69. The molecule has 100 valence electrons. The van der Waals surface area contributed by atoms with Crippen molar-refractivity contribution in [1.82, 2.24) is 0 Å². The molecule has 0 aliphatic rings. The molecule has 2 N–H and O–H groups in total. The van der Waals surface area contributed by atoms with Crippen LogP contribution in [0.2, 0.25) is 0 Å². The molecule has 0 aromatic heterocycles. The number of phenols is 1. The Morgan fingerprint density at radius 3 is 2.37 bits per heavy atom. The number of anilines is 1. The van der Waals surface area contributed by atoms with E-state index in [0.29, 0.717) is 11.1 Å². The highest BCUT2D eigenvalue weighted by Crippen LogP contribution is 2.27. The van der Waals surface area contributed by atoms with Gasteiger partial charge in [0.2, 0.25) is 10.0 Å². The molecule has 0 fully saturated rings. The molecule has 0 saturated heterocycles. The lowest BCUT2D eigenvalue weighted by molar-refractivity contribution is 0.477. The van der Waals surface area contributed by atoms with Gasteiger partial charge in [-0.25, -0.2) is 8.42 Å². The Hall–Kier alpha value is -2.01. The second-order valence-electron chi connectivity index (χ2n) is 4.32. The number of aryl methyl sites for hydroxylation is 1. The smallest absolute Gasteiger partial charge is 0.237 e. The third-order valence-electron chi connectivity index (χ3n) is 2.71. The number of benzene rings is 2. The number of nitrogens with one attached hydrogen (secondary N) is 1. The van der Waals surface area contributed by atoms with Crippen LogP contribution in [-0.2, 0) is 15.8 Å². The van der Waals surface area contributed by atoms with E-state index in [2.05, 4.69) is 4.72 Å². The van der Waals surface area contributed by atoms with Crippen LogP contribution in [0.5, 0.6) is 5.75 Å². The number of hydrogen-bond acceptors (Lipinski definition) is 3. The standard InChI is InChI=1S/C14H15NO3S/c1-11-6-5-9-13(16)14(11)15-19(17,18)10-12-7-3-2-4-8-12/h2-9,15-16H,10H2,1H3. The highest BCUT2D eigenvalue weighted by molar-refractivity contribution is 7.91. The van der Waals surface area contributed by atoms with Gasteiger partial charge in [-0.05, 0) is 24.1 Å². The van der Waals surface area contributed by atoms with Crippen LogP contribution in [0.4, 0.5) is 5.69 Å². The molecule has 0 amide bonds. The minimum absolute atomic E-state index is 0.0726. The molecule has 0 unspecified atom stereocenters. The SMILES string of the molecule is Cc1cccc(O)c1NS(=O)(=O)Cc1ccccc1. The number of phenolic OH excluding ortho intramolecular Hbond substituents is 1. The molecule has 0 spiro atoms. The summed E-state index contributed by atoms with van der Waals surface area (Å²) >= 11 is 0. The first-order chi connectivity index (χ1) is 8.98. The summed E-state index contributed by atoms with van der Waals surface area (Å²) in [7, 11) is -3.54. The molecule has 0 atom stereocenters. The Morgan fingerprint density at radius 1 is 1.05 bits per heavy atom. The summed E-state index contributed by atoms with van der Waals surface area (Å²) < 4.78 is 26.5. The van der Waals surface area contributed by atoms with Crippen LogP contribution >= 0.6 is 0 Å². The first-order valence-electron chi connectivity index (χ1n) is 5.81. The summed E-state index contributed by atoms with van der Waals surface area (Å²) in [5.41, 5.74) is 1.61. The molecule has 0 aliphatic heterocycles. The van der Waals surface area contributed by atoms with Gasteiger partial charge in [0.15, 0.2) is 0 Å². The van der Waals surface area contributed by atoms with Gasteiger partial charge in [0, 0.05) is 0 Å². The van der Waals surface area contributed by atoms with E-state index in [1.165, 1.54) is 6.07 Å². The van der Waals surface area contributed by atoms with E-state index in [1.54, 1.807) is 43.3 Å². The van der Waals surface area contributed by atoms with Gasteiger partial charge in [0.05, 0.1) is 11.4 Å². The molecule has 2 rings (SSSR count). The van der Waals surface area contributed by atoms with Crippen molar-refractivity contribution in [3.8, 4) is 5.75 Å². The fraction of sp³-hybridized carbons (Fsp3) is 0.143. The summed E-state index contributed by atoms with van der Waals surface area (Å²) in [6, 6.07) is 13.8. The topological polar surface area (TPSA) is 66.4 Å². The van der Waals surface area contributed by atoms with Gasteiger partial charge >= 0.3 is 0 Å². The van der Waals surface area contributed by atoms with Gasteiger partial charge in [0.1, 0.15) is 5.75 Å². The monoisotopic (exact) mass is 277 g/mol. The van der Waals surface area contributed by atoms with Crippen LogP contribution in [0.1, 0.15) is 11.1 Å². The zero-order valence-corrected chi connectivity index (χ0v) is 11.3. The Kier molecular flexibility index (Phi) is 3.76. The fourth-order valence-corrected chi connectivity index (χ4v) is 3.05. The van der Waals surface area contributed by atoms with Crippen LogP contribution in [0.3, 0.4) is 0 Å². The molecule has 0 radical (unpaired) electrons. The quantitative estimate of drug-likeness (QED) is 0.844. The van der Waals surface area contributed by atoms with Crippen LogP contribution in [0, 0.1) is 6.92 Å². The maximum Gasteiger partial charge on any atom is 0.237 e. The minimum atomic E-state index is -3.54. The summed E-state index contributed by atoms with van der Waals surface area (Å²) in [6.45, 7) is 1.74. The van der Waals surface area contributed by atoms with E-state index in [9.17, 15) is 13.5 Å². The summed E-state index contributed by atoms with van der Waals surface area (Å²) in [5.74, 6) is -0.196. The molecular weight excluding hydrogens is 262 g/mol. The van der Waals surface area contributed by atoms with Crippen LogP contribution < -0.4 is 4.72 Å². The normalized spacial score (nSPS) is 11.2. The van der Waals surface area contributed by atoms with Gasteiger partial charge in [-0.15, -0.1) is 0 Å². The number of hydrogen-bond donors (Lipinski definition) is 2. The van der Waals surface area contributed by atoms with E-state index in [-0.39, 0.29) is 17.2 Å². The largest absolute Gasteiger partial charge is 0.506 e. The number of para-hydroxylation sites is 1. The molecule has 2 aromatic rings. The highest BCUT2D eigenvalue weighted by atomic mass is 32.2.